The first-order valence-corrected chi connectivity index (χ1v) is 23.9. The lowest BCUT2D eigenvalue weighted by Gasteiger charge is -2.17. The Morgan fingerprint density at radius 2 is 0.743 bits per heavy atom. The lowest BCUT2D eigenvalue weighted by molar-refractivity contribution is 1.06. The molecule has 0 fully saturated rings. The summed E-state index contributed by atoms with van der Waals surface area (Å²) in [7, 11) is 0. The van der Waals surface area contributed by atoms with Gasteiger partial charge in [0.05, 0.1) is 27.8 Å². The van der Waals surface area contributed by atoms with Gasteiger partial charge in [-0.25, -0.2) is 15.0 Å². The molecule has 0 saturated carbocycles. The van der Waals surface area contributed by atoms with Crippen LogP contribution in [0.4, 0.5) is 0 Å². The highest BCUT2D eigenvalue weighted by Crippen LogP contribution is 2.44. The Morgan fingerprint density at radius 1 is 0.286 bits per heavy atom. The highest BCUT2D eigenvalue weighted by atomic mass is 15.1. The molecule has 10 aromatic carbocycles. The maximum absolute atomic E-state index is 5.41. The molecule has 0 atom stereocenters. The smallest absolute Gasteiger partial charge is 0.166 e. The van der Waals surface area contributed by atoms with Crippen molar-refractivity contribution in [1.29, 1.82) is 0 Å². The molecule has 3 heterocycles. The van der Waals surface area contributed by atoms with E-state index >= 15 is 0 Å². The van der Waals surface area contributed by atoms with Gasteiger partial charge in [0.2, 0.25) is 0 Å². The highest BCUT2D eigenvalue weighted by Gasteiger charge is 2.23. The molecule has 5 nitrogen and oxygen atoms in total. The molecule has 5 heteroatoms. The standard InChI is InChI=1S/C65H45N5/c1-42-19-12-14-27-50(42)46-33-36-58-54(39-46)55-40-47(51-28-15-13-20-43(51)2)34-37-59(55)70(58)60-38-35-48(52-30-18-32-61-62(52)53-29-16-17-31-57(53)69(61)49-25-10-5-11-26-49)41-56(60)65-67-63(44-21-6-3-7-22-44)66-64(68-65)45-23-8-4-9-24-45/h3-41H,1-2H3. The number of hydrogen-bond acceptors (Lipinski definition) is 3. The van der Waals surface area contributed by atoms with Gasteiger partial charge in [-0.05, 0) is 119 Å². The van der Waals surface area contributed by atoms with Gasteiger partial charge in [0.15, 0.2) is 17.5 Å². The van der Waals surface area contributed by atoms with Crippen LogP contribution >= 0.6 is 0 Å². The molecule has 13 rings (SSSR count). The van der Waals surface area contributed by atoms with E-state index in [1.54, 1.807) is 0 Å². The molecule has 13 aromatic rings. The van der Waals surface area contributed by atoms with Gasteiger partial charge < -0.3 is 9.13 Å². The van der Waals surface area contributed by atoms with E-state index in [4.69, 9.17) is 15.0 Å². The summed E-state index contributed by atoms with van der Waals surface area (Å²) in [5.74, 6) is 1.81. The summed E-state index contributed by atoms with van der Waals surface area (Å²) in [5.41, 5.74) is 18.8. The predicted molar refractivity (Wildman–Crippen MR) is 291 cm³/mol. The Bertz CT molecular complexity index is 3970. The van der Waals surface area contributed by atoms with E-state index in [1.807, 2.05) is 36.4 Å². The minimum atomic E-state index is 0.589. The van der Waals surface area contributed by atoms with Crippen LogP contribution in [0, 0.1) is 13.8 Å². The lowest BCUT2D eigenvalue weighted by Crippen LogP contribution is -2.04. The van der Waals surface area contributed by atoms with Crippen LogP contribution in [-0.4, -0.2) is 24.1 Å². The van der Waals surface area contributed by atoms with Crippen molar-refractivity contribution in [3.05, 3.63) is 248 Å². The molecule has 0 unspecified atom stereocenters. The van der Waals surface area contributed by atoms with Crippen molar-refractivity contribution in [1.82, 2.24) is 24.1 Å². The van der Waals surface area contributed by atoms with Crippen molar-refractivity contribution in [2.75, 3.05) is 0 Å². The molecule has 0 bridgehead atoms. The first-order valence-electron chi connectivity index (χ1n) is 23.9. The molecule has 0 aliphatic carbocycles. The number of nitrogens with zero attached hydrogens (tertiary/aromatic N) is 5. The number of para-hydroxylation sites is 2. The monoisotopic (exact) mass is 895 g/mol. The molecule has 3 aromatic heterocycles. The van der Waals surface area contributed by atoms with Crippen molar-refractivity contribution in [2.24, 2.45) is 0 Å². The molecule has 330 valence electrons. The van der Waals surface area contributed by atoms with E-state index in [0.717, 1.165) is 61.3 Å². The topological polar surface area (TPSA) is 48.5 Å². The van der Waals surface area contributed by atoms with Crippen LogP contribution in [0.15, 0.2) is 237 Å². The van der Waals surface area contributed by atoms with E-state index in [9.17, 15) is 0 Å². The fraction of sp³-hybridized carbons (Fsp3) is 0.0308. The second-order valence-corrected chi connectivity index (χ2v) is 18.1. The summed E-state index contributed by atoms with van der Waals surface area (Å²) in [4.78, 5) is 16.0. The molecular formula is C65H45N5. The largest absolute Gasteiger partial charge is 0.309 e. The third-order valence-electron chi connectivity index (χ3n) is 13.9. The molecular weight excluding hydrogens is 851 g/mol. The second-order valence-electron chi connectivity index (χ2n) is 18.1. The van der Waals surface area contributed by atoms with E-state index in [1.165, 1.54) is 54.9 Å². The first kappa shape index (κ1) is 41.0. The van der Waals surface area contributed by atoms with Crippen LogP contribution in [-0.2, 0) is 0 Å². The van der Waals surface area contributed by atoms with E-state index in [0.29, 0.717) is 17.5 Å². The van der Waals surface area contributed by atoms with E-state index in [-0.39, 0.29) is 0 Å². The second kappa shape index (κ2) is 16.8. The van der Waals surface area contributed by atoms with Gasteiger partial charge in [-0.2, -0.15) is 0 Å². The normalized spacial score (nSPS) is 11.6. The van der Waals surface area contributed by atoms with Gasteiger partial charge in [-0.15, -0.1) is 0 Å². The van der Waals surface area contributed by atoms with Crippen molar-refractivity contribution in [2.45, 2.75) is 13.8 Å². The predicted octanol–water partition coefficient (Wildman–Crippen LogP) is 16.7. The Labute approximate surface area is 406 Å². The molecule has 0 aliphatic heterocycles. The van der Waals surface area contributed by atoms with Gasteiger partial charge in [0, 0.05) is 43.9 Å². The van der Waals surface area contributed by atoms with Crippen molar-refractivity contribution >= 4 is 43.6 Å². The van der Waals surface area contributed by atoms with E-state index in [2.05, 4.69) is 223 Å². The Kier molecular flexibility index (Phi) is 9.88. The molecule has 70 heavy (non-hydrogen) atoms. The molecule has 0 radical (unpaired) electrons. The van der Waals surface area contributed by atoms with E-state index < -0.39 is 0 Å². The van der Waals surface area contributed by atoms with Crippen LogP contribution in [0.1, 0.15) is 11.1 Å². The van der Waals surface area contributed by atoms with Crippen molar-refractivity contribution < 1.29 is 0 Å². The third kappa shape index (κ3) is 6.90. The van der Waals surface area contributed by atoms with Crippen LogP contribution in [0.5, 0.6) is 0 Å². The molecule has 0 saturated heterocycles. The Balaban J connectivity index is 1.12. The summed E-state index contributed by atoms with van der Waals surface area (Å²) in [6.07, 6.45) is 0. The molecule has 0 spiro atoms. The van der Waals surface area contributed by atoms with Gasteiger partial charge in [-0.1, -0.05) is 176 Å². The maximum atomic E-state index is 5.41. The summed E-state index contributed by atoms with van der Waals surface area (Å²) in [6, 6.07) is 84.5. The van der Waals surface area contributed by atoms with Crippen LogP contribution in [0.2, 0.25) is 0 Å². The highest BCUT2D eigenvalue weighted by molar-refractivity contribution is 6.16. The zero-order chi connectivity index (χ0) is 46.7. The number of rotatable bonds is 8. The van der Waals surface area contributed by atoms with Gasteiger partial charge >= 0.3 is 0 Å². The number of benzene rings is 10. The first-order chi connectivity index (χ1) is 34.6. The summed E-state index contributed by atoms with van der Waals surface area (Å²) >= 11 is 0. The number of hydrogen-bond donors (Lipinski definition) is 0. The molecule has 0 amide bonds. The van der Waals surface area contributed by atoms with Crippen LogP contribution in [0.25, 0.3) is 123 Å². The average Bonchev–Trinajstić information content (AvgIpc) is 3.94. The average molecular weight is 896 g/mol. The van der Waals surface area contributed by atoms with Crippen molar-refractivity contribution in [3.8, 4) is 78.9 Å². The number of fused-ring (bicyclic) bond motifs is 6. The summed E-state index contributed by atoms with van der Waals surface area (Å²) in [6.45, 7) is 4.38. The molecule has 0 N–H and O–H groups in total. The SMILES string of the molecule is Cc1ccccc1-c1ccc2c(c1)c1cc(-c3ccccc3C)ccc1n2-c1ccc(-c2cccc3c2c2ccccc2n3-c2ccccc2)cc1-c1nc(-c2ccccc2)nc(-c2ccccc2)n1. The van der Waals surface area contributed by atoms with Gasteiger partial charge in [0.25, 0.3) is 0 Å². The minimum Gasteiger partial charge on any atom is -0.309 e. The number of aryl methyl sites for hydroxylation is 2. The summed E-state index contributed by atoms with van der Waals surface area (Å²) in [5, 5.41) is 4.72. The van der Waals surface area contributed by atoms with Crippen molar-refractivity contribution in [3.63, 3.8) is 0 Å². The fourth-order valence-corrected chi connectivity index (χ4v) is 10.5. The summed E-state index contributed by atoms with van der Waals surface area (Å²) < 4.78 is 4.80. The number of aromatic nitrogens is 5. The minimum absolute atomic E-state index is 0.589. The van der Waals surface area contributed by atoms with Gasteiger partial charge in [-0.3, -0.25) is 0 Å². The maximum Gasteiger partial charge on any atom is 0.166 e. The third-order valence-corrected chi connectivity index (χ3v) is 13.9. The zero-order valence-electron chi connectivity index (χ0n) is 38.8. The fourth-order valence-electron chi connectivity index (χ4n) is 10.5. The lowest BCUT2D eigenvalue weighted by atomic mass is 9.96. The quantitative estimate of drug-likeness (QED) is 0.153. The van der Waals surface area contributed by atoms with Crippen LogP contribution < -0.4 is 0 Å². The Hall–Kier alpha value is -9.19. The van der Waals surface area contributed by atoms with Gasteiger partial charge in [0.1, 0.15) is 0 Å². The molecule has 0 aliphatic rings. The zero-order valence-corrected chi connectivity index (χ0v) is 38.8. The van der Waals surface area contributed by atoms with Crippen LogP contribution in [0.3, 0.4) is 0 Å². The Morgan fingerprint density at radius 3 is 1.34 bits per heavy atom.